The van der Waals surface area contributed by atoms with Crippen molar-refractivity contribution < 1.29 is 14.6 Å². The average molecular weight is 221 g/mol. The molecule has 0 saturated carbocycles. The van der Waals surface area contributed by atoms with E-state index in [4.69, 9.17) is 4.74 Å². The fraction of sp³-hybridized carbons (Fsp3) is 0.417. The summed E-state index contributed by atoms with van der Waals surface area (Å²) in [6, 6.07) is 7.21. The Kier molecular flexibility index (Phi) is 3.10. The molecule has 2 rings (SSSR count). The van der Waals surface area contributed by atoms with E-state index in [-0.39, 0.29) is 5.91 Å². The smallest absolute Gasteiger partial charge is 0.268 e. The number of para-hydroxylation sites is 2. The third-order valence-electron chi connectivity index (χ3n) is 2.59. The van der Waals surface area contributed by atoms with Gasteiger partial charge in [0.05, 0.1) is 5.69 Å². The number of aliphatic hydroxyl groups is 1. The molecule has 1 aromatic carbocycles. The minimum absolute atomic E-state index is 0.278. The van der Waals surface area contributed by atoms with E-state index >= 15 is 0 Å². The Morgan fingerprint density at radius 1 is 1.50 bits per heavy atom. The summed E-state index contributed by atoms with van der Waals surface area (Å²) in [4.78, 5) is 11.7. The molecule has 0 aliphatic carbocycles. The molecule has 0 fully saturated rings. The van der Waals surface area contributed by atoms with Crippen LogP contribution in [0.4, 0.5) is 5.69 Å². The van der Waals surface area contributed by atoms with Crippen LogP contribution in [0.3, 0.4) is 0 Å². The number of aliphatic hydroxyl groups excluding tert-OH is 1. The molecular weight excluding hydrogens is 206 g/mol. The zero-order valence-corrected chi connectivity index (χ0v) is 9.14. The first kappa shape index (κ1) is 11.0. The predicted molar refractivity (Wildman–Crippen MR) is 60.4 cm³/mol. The number of fused-ring (bicyclic) bond motifs is 1. The van der Waals surface area contributed by atoms with Crippen LogP contribution in [0.5, 0.6) is 5.75 Å². The van der Waals surface area contributed by atoms with Crippen molar-refractivity contribution in [3.8, 4) is 5.75 Å². The standard InChI is InChI=1S/C12H15NO3/c1-2-5-9(14)11-12(15)13-8-6-3-4-7-10(8)16-11/h3-4,6-7,9,11,14H,2,5H2,1H3,(H,13,15)/t9-,11-/m0/s1. The quantitative estimate of drug-likeness (QED) is 0.814. The summed E-state index contributed by atoms with van der Waals surface area (Å²) in [5.41, 5.74) is 0.660. The summed E-state index contributed by atoms with van der Waals surface area (Å²) in [6.07, 6.45) is -0.177. The summed E-state index contributed by atoms with van der Waals surface area (Å²) in [5.74, 6) is 0.335. The highest BCUT2D eigenvalue weighted by atomic mass is 16.5. The second kappa shape index (κ2) is 4.53. The highest BCUT2D eigenvalue weighted by molar-refractivity contribution is 5.98. The van der Waals surface area contributed by atoms with Gasteiger partial charge in [0, 0.05) is 0 Å². The Labute approximate surface area is 94.2 Å². The van der Waals surface area contributed by atoms with E-state index in [1.165, 1.54) is 0 Å². The first-order valence-electron chi connectivity index (χ1n) is 5.47. The van der Waals surface area contributed by atoms with Crippen molar-refractivity contribution >= 4 is 11.6 Å². The SMILES string of the molecule is CCC[C@H](O)[C@@H]1Oc2ccccc2NC1=O. The number of benzene rings is 1. The molecule has 1 aromatic rings. The van der Waals surface area contributed by atoms with Gasteiger partial charge in [-0.05, 0) is 18.6 Å². The summed E-state index contributed by atoms with van der Waals surface area (Å²) in [6.45, 7) is 1.96. The Morgan fingerprint density at radius 2 is 2.25 bits per heavy atom. The van der Waals surface area contributed by atoms with E-state index in [1.807, 2.05) is 19.1 Å². The van der Waals surface area contributed by atoms with Crippen LogP contribution in [0.25, 0.3) is 0 Å². The summed E-state index contributed by atoms with van der Waals surface area (Å²) < 4.78 is 5.50. The zero-order valence-electron chi connectivity index (χ0n) is 9.14. The lowest BCUT2D eigenvalue weighted by Gasteiger charge is -2.28. The molecule has 0 aromatic heterocycles. The van der Waals surface area contributed by atoms with Gasteiger partial charge in [0.2, 0.25) is 6.10 Å². The van der Waals surface area contributed by atoms with Crippen LogP contribution in [0, 0.1) is 0 Å². The molecule has 2 atom stereocenters. The number of amides is 1. The van der Waals surface area contributed by atoms with Gasteiger partial charge in [-0.15, -0.1) is 0 Å². The number of ether oxygens (including phenoxy) is 1. The number of rotatable bonds is 3. The van der Waals surface area contributed by atoms with Crippen LogP contribution in [0.15, 0.2) is 24.3 Å². The molecule has 0 unspecified atom stereocenters. The van der Waals surface area contributed by atoms with Gasteiger partial charge in [0.25, 0.3) is 5.91 Å². The number of anilines is 1. The van der Waals surface area contributed by atoms with E-state index < -0.39 is 12.2 Å². The third kappa shape index (κ3) is 2.02. The maximum Gasteiger partial charge on any atom is 0.268 e. The normalized spacial score (nSPS) is 20.6. The van der Waals surface area contributed by atoms with Crippen molar-refractivity contribution in [1.29, 1.82) is 0 Å². The highest BCUT2D eigenvalue weighted by Crippen LogP contribution is 2.30. The van der Waals surface area contributed by atoms with E-state index in [2.05, 4.69) is 5.32 Å². The van der Waals surface area contributed by atoms with E-state index in [0.717, 1.165) is 6.42 Å². The Balaban J connectivity index is 2.18. The molecular formula is C12H15NO3. The maximum absolute atomic E-state index is 11.7. The van der Waals surface area contributed by atoms with E-state index in [1.54, 1.807) is 12.1 Å². The maximum atomic E-state index is 11.7. The molecule has 86 valence electrons. The van der Waals surface area contributed by atoms with Crippen molar-refractivity contribution in [3.05, 3.63) is 24.3 Å². The van der Waals surface area contributed by atoms with Crippen molar-refractivity contribution in [2.75, 3.05) is 5.32 Å². The third-order valence-corrected chi connectivity index (χ3v) is 2.59. The van der Waals surface area contributed by atoms with Crippen molar-refractivity contribution in [2.45, 2.75) is 32.0 Å². The Hall–Kier alpha value is -1.55. The number of hydrogen-bond acceptors (Lipinski definition) is 3. The van der Waals surface area contributed by atoms with Crippen LogP contribution < -0.4 is 10.1 Å². The van der Waals surface area contributed by atoms with Gasteiger partial charge >= 0.3 is 0 Å². The molecule has 1 aliphatic rings. The molecule has 0 radical (unpaired) electrons. The minimum atomic E-state index is -0.796. The first-order valence-corrected chi connectivity index (χ1v) is 5.47. The fourth-order valence-electron chi connectivity index (χ4n) is 1.77. The van der Waals surface area contributed by atoms with Crippen LogP contribution >= 0.6 is 0 Å². The van der Waals surface area contributed by atoms with Gasteiger partial charge < -0.3 is 15.2 Å². The summed E-state index contributed by atoms with van der Waals surface area (Å²) in [5, 5.41) is 12.5. The molecule has 0 bridgehead atoms. The Bertz CT molecular complexity index is 392. The van der Waals surface area contributed by atoms with Gasteiger partial charge in [-0.2, -0.15) is 0 Å². The van der Waals surface area contributed by atoms with Crippen LogP contribution in [-0.2, 0) is 4.79 Å². The molecule has 1 amide bonds. The lowest BCUT2D eigenvalue weighted by Crippen LogP contribution is -2.45. The molecule has 16 heavy (non-hydrogen) atoms. The fourth-order valence-corrected chi connectivity index (χ4v) is 1.77. The molecule has 1 heterocycles. The van der Waals surface area contributed by atoms with E-state index in [9.17, 15) is 9.90 Å². The molecule has 4 heteroatoms. The number of carbonyl (C=O) groups is 1. The van der Waals surface area contributed by atoms with Gasteiger partial charge in [-0.1, -0.05) is 25.5 Å². The van der Waals surface area contributed by atoms with Gasteiger partial charge in [0.1, 0.15) is 11.9 Å². The highest BCUT2D eigenvalue weighted by Gasteiger charge is 2.32. The summed E-state index contributed by atoms with van der Waals surface area (Å²) in [7, 11) is 0. The van der Waals surface area contributed by atoms with Crippen molar-refractivity contribution in [3.63, 3.8) is 0 Å². The largest absolute Gasteiger partial charge is 0.476 e. The topological polar surface area (TPSA) is 58.6 Å². The predicted octanol–water partition coefficient (Wildman–Crippen LogP) is 1.55. The minimum Gasteiger partial charge on any atom is -0.476 e. The zero-order chi connectivity index (χ0) is 11.5. The average Bonchev–Trinajstić information content (AvgIpc) is 2.28. The monoisotopic (exact) mass is 221 g/mol. The summed E-state index contributed by atoms with van der Waals surface area (Å²) >= 11 is 0. The van der Waals surface area contributed by atoms with E-state index in [0.29, 0.717) is 17.9 Å². The lowest BCUT2D eigenvalue weighted by molar-refractivity contribution is -0.128. The second-order valence-corrected chi connectivity index (χ2v) is 3.88. The van der Waals surface area contributed by atoms with Crippen molar-refractivity contribution in [2.24, 2.45) is 0 Å². The van der Waals surface area contributed by atoms with Crippen LogP contribution in [-0.4, -0.2) is 23.2 Å². The Morgan fingerprint density at radius 3 is 3.00 bits per heavy atom. The lowest BCUT2D eigenvalue weighted by atomic mass is 10.1. The van der Waals surface area contributed by atoms with Crippen LogP contribution in [0.2, 0.25) is 0 Å². The number of hydrogen-bond donors (Lipinski definition) is 2. The number of nitrogens with one attached hydrogen (secondary N) is 1. The molecule has 2 N–H and O–H groups in total. The molecule has 4 nitrogen and oxygen atoms in total. The van der Waals surface area contributed by atoms with Crippen molar-refractivity contribution in [1.82, 2.24) is 0 Å². The number of carbonyl (C=O) groups excluding carboxylic acids is 1. The molecule has 0 saturated heterocycles. The van der Waals surface area contributed by atoms with Gasteiger partial charge in [-0.3, -0.25) is 4.79 Å². The van der Waals surface area contributed by atoms with Gasteiger partial charge in [0.15, 0.2) is 0 Å². The molecule has 1 aliphatic heterocycles. The first-order chi connectivity index (χ1) is 7.72. The van der Waals surface area contributed by atoms with Crippen LogP contribution in [0.1, 0.15) is 19.8 Å². The molecule has 0 spiro atoms. The van der Waals surface area contributed by atoms with Gasteiger partial charge in [-0.25, -0.2) is 0 Å². The second-order valence-electron chi connectivity index (χ2n) is 3.88.